The van der Waals surface area contributed by atoms with Gasteiger partial charge in [-0.1, -0.05) is 6.07 Å². The summed E-state index contributed by atoms with van der Waals surface area (Å²) < 4.78 is 75.2. The maximum absolute atomic E-state index is 14.2. The monoisotopic (exact) mass is 758 g/mol. The Balaban J connectivity index is 1.47. The van der Waals surface area contributed by atoms with Crippen LogP contribution in [0.2, 0.25) is 0 Å². The Morgan fingerprint density at radius 1 is 1.13 bits per heavy atom. The number of nitrogens with one attached hydrogen (secondary N) is 3. The number of aryl methyl sites for hydroxylation is 1. The van der Waals surface area contributed by atoms with E-state index in [1.54, 1.807) is 48.9 Å². The zero-order chi connectivity index (χ0) is 38.1. The zero-order valence-electron chi connectivity index (χ0n) is 29.3. The smallest absolute Gasteiger partial charge is 0.421 e. The molecule has 0 radical (unpaired) electrons. The number of β-amino-alcohol motifs (C(OH)–C–C–N with tert-alkyl or cyclic N) is 1. The van der Waals surface area contributed by atoms with Crippen LogP contribution in [-0.2, 0) is 32.5 Å². The number of carbonyl (C=O) groups excluding carboxylic acids is 2. The van der Waals surface area contributed by atoms with Crippen molar-refractivity contribution in [2.45, 2.75) is 44.8 Å². The lowest BCUT2D eigenvalue weighted by Gasteiger charge is -2.44. The SMILES string of the molecule is CCO[P@@]1(=O)Cc2ccc(c(OC)c2)Nc2ncc(C(F)(F)F)c(n2)Nc2ccc(nc2C(=O)NC)-c2cc(C(=O)N3CC(C)(O)C3)n(c2)CCCO1. The lowest BCUT2D eigenvalue weighted by atomic mass is 9.96. The number of aliphatic hydroxyl groups is 1. The molecule has 1 saturated heterocycles. The van der Waals surface area contributed by atoms with Gasteiger partial charge in [0.1, 0.15) is 22.8 Å². The predicted octanol–water partition coefficient (Wildman–Crippen LogP) is 5.57. The lowest BCUT2D eigenvalue weighted by Crippen LogP contribution is -2.61. The van der Waals surface area contributed by atoms with Gasteiger partial charge in [-0.25, -0.2) is 9.97 Å². The van der Waals surface area contributed by atoms with E-state index in [4.69, 9.17) is 13.8 Å². The Morgan fingerprint density at radius 2 is 1.89 bits per heavy atom. The van der Waals surface area contributed by atoms with E-state index in [1.165, 1.54) is 31.2 Å². The number of carbonyl (C=O) groups is 2. The number of amides is 2. The maximum Gasteiger partial charge on any atom is 0.421 e. The van der Waals surface area contributed by atoms with E-state index in [-0.39, 0.29) is 79.4 Å². The molecule has 1 aromatic carbocycles. The summed E-state index contributed by atoms with van der Waals surface area (Å²) in [5, 5.41) is 18.2. The Labute approximate surface area is 302 Å². The van der Waals surface area contributed by atoms with Crippen molar-refractivity contribution in [1.29, 1.82) is 0 Å². The normalized spacial score (nSPS) is 18.5. The van der Waals surface area contributed by atoms with Gasteiger partial charge in [-0.05, 0) is 56.2 Å². The van der Waals surface area contributed by atoms with E-state index in [1.807, 2.05) is 0 Å². The molecule has 15 nitrogen and oxygen atoms in total. The Bertz CT molecular complexity index is 2080. The van der Waals surface area contributed by atoms with Crippen molar-refractivity contribution in [1.82, 2.24) is 29.7 Å². The van der Waals surface area contributed by atoms with Crippen LogP contribution in [0.3, 0.4) is 0 Å². The number of rotatable bonds is 5. The number of benzene rings is 1. The average Bonchev–Trinajstić information content (AvgIpc) is 3.52. The molecule has 19 heteroatoms. The molecule has 1 atom stereocenters. The first-order chi connectivity index (χ1) is 25.1. The van der Waals surface area contributed by atoms with Gasteiger partial charge >= 0.3 is 13.8 Å². The van der Waals surface area contributed by atoms with E-state index in [0.29, 0.717) is 29.4 Å². The van der Waals surface area contributed by atoms with Gasteiger partial charge in [0.15, 0.2) is 5.69 Å². The van der Waals surface area contributed by atoms with Gasteiger partial charge in [0.25, 0.3) is 11.8 Å². The van der Waals surface area contributed by atoms with Crippen LogP contribution >= 0.6 is 7.60 Å². The molecule has 3 aromatic heterocycles. The van der Waals surface area contributed by atoms with Crippen molar-refractivity contribution in [2.24, 2.45) is 0 Å². The number of alkyl halides is 3. The minimum Gasteiger partial charge on any atom is -0.495 e. The third-order valence-corrected chi connectivity index (χ3v) is 10.5. The second kappa shape index (κ2) is 14.8. The molecule has 4 aromatic rings. The summed E-state index contributed by atoms with van der Waals surface area (Å²) in [7, 11) is -0.949. The van der Waals surface area contributed by atoms with Crippen LogP contribution in [0.1, 0.15) is 52.4 Å². The summed E-state index contributed by atoms with van der Waals surface area (Å²) in [6.45, 7) is 3.93. The number of aromatic nitrogens is 4. The van der Waals surface area contributed by atoms with Gasteiger partial charge in [0.05, 0.1) is 62.2 Å². The number of hydrogen-bond donors (Lipinski definition) is 4. The molecule has 0 unspecified atom stereocenters. The highest BCUT2D eigenvalue weighted by atomic mass is 31.2. The van der Waals surface area contributed by atoms with Crippen LogP contribution in [0.15, 0.2) is 48.8 Å². The van der Waals surface area contributed by atoms with E-state index in [0.717, 1.165) is 0 Å². The molecule has 8 heterocycles. The molecule has 0 saturated carbocycles. The van der Waals surface area contributed by atoms with Gasteiger partial charge in [-0.2, -0.15) is 18.2 Å². The number of hydrogen-bond acceptors (Lipinski definition) is 12. The van der Waals surface area contributed by atoms with Gasteiger partial charge in [0, 0.05) is 31.5 Å². The molecule has 2 amide bonds. The van der Waals surface area contributed by atoms with Crippen LogP contribution in [-0.4, -0.2) is 87.4 Å². The molecule has 8 bridgehead atoms. The van der Waals surface area contributed by atoms with Crippen molar-refractivity contribution in [3.05, 3.63) is 71.3 Å². The number of methoxy groups -OCH3 is 1. The number of ether oxygens (including phenoxy) is 1. The molecule has 1 fully saturated rings. The average molecular weight is 759 g/mol. The Kier molecular flexibility index (Phi) is 10.5. The molecule has 9 rings (SSSR count). The molecule has 0 spiro atoms. The summed E-state index contributed by atoms with van der Waals surface area (Å²) in [6.07, 6.45) is -2.41. The molecule has 53 heavy (non-hydrogen) atoms. The fourth-order valence-corrected chi connectivity index (χ4v) is 7.73. The molecular formula is C34H38F3N8O7P. The van der Waals surface area contributed by atoms with Crippen LogP contribution < -0.4 is 20.7 Å². The minimum absolute atomic E-state index is 0.0145. The number of anilines is 4. The van der Waals surface area contributed by atoms with Gasteiger partial charge < -0.3 is 44.3 Å². The molecule has 4 N–H and O–H groups in total. The van der Waals surface area contributed by atoms with Crippen molar-refractivity contribution < 1.29 is 46.2 Å². The van der Waals surface area contributed by atoms with Gasteiger partial charge in [-0.3, -0.25) is 14.2 Å². The first-order valence-electron chi connectivity index (χ1n) is 16.6. The van der Waals surface area contributed by atoms with Gasteiger partial charge in [0.2, 0.25) is 5.95 Å². The number of nitrogens with zero attached hydrogens (tertiary/aromatic N) is 5. The summed E-state index contributed by atoms with van der Waals surface area (Å²) in [5.41, 5.74) is -0.785. The van der Waals surface area contributed by atoms with E-state index >= 15 is 0 Å². The van der Waals surface area contributed by atoms with Crippen LogP contribution in [0.4, 0.5) is 36.3 Å². The van der Waals surface area contributed by atoms with Crippen molar-refractivity contribution in [2.75, 3.05) is 51.1 Å². The van der Waals surface area contributed by atoms with Crippen LogP contribution in [0, 0.1) is 0 Å². The number of halogens is 3. The highest BCUT2D eigenvalue weighted by Gasteiger charge is 2.41. The van der Waals surface area contributed by atoms with Gasteiger partial charge in [-0.15, -0.1) is 0 Å². The quantitative estimate of drug-likeness (QED) is 0.186. The maximum atomic E-state index is 14.2. The van der Waals surface area contributed by atoms with Crippen molar-refractivity contribution in [3.8, 4) is 17.0 Å². The van der Waals surface area contributed by atoms with Crippen molar-refractivity contribution in [3.63, 3.8) is 0 Å². The Morgan fingerprint density at radius 3 is 2.57 bits per heavy atom. The molecular weight excluding hydrogens is 720 g/mol. The predicted molar refractivity (Wildman–Crippen MR) is 188 cm³/mol. The highest BCUT2D eigenvalue weighted by Crippen LogP contribution is 2.52. The molecule has 0 aliphatic carbocycles. The summed E-state index contributed by atoms with van der Waals surface area (Å²) >= 11 is 0. The molecule has 282 valence electrons. The fourth-order valence-electron chi connectivity index (χ4n) is 6.03. The van der Waals surface area contributed by atoms with Crippen LogP contribution in [0.5, 0.6) is 5.75 Å². The van der Waals surface area contributed by atoms with E-state index in [9.17, 15) is 32.4 Å². The summed E-state index contributed by atoms with van der Waals surface area (Å²) in [6, 6.07) is 9.24. The first kappa shape index (κ1) is 37.7. The fraction of sp³-hybridized carbons (Fsp3) is 0.382. The van der Waals surface area contributed by atoms with E-state index < -0.39 is 36.7 Å². The second-order valence-corrected chi connectivity index (χ2v) is 14.8. The number of likely N-dealkylation sites (tertiary alicyclic amines) is 1. The topological polar surface area (TPSA) is 182 Å². The summed E-state index contributed by atoms with van der Waals surface area (Å²) in [4.78, 5) is 40.7. The zero-order valence-corrected chi connectivity index (χ0v) is 30.2. The Hall–Kier alpha value is -5.03. The standard InChI is InChI=1S/C34H38F3N8O7P/c1-5-51-53(49)17-20-7-8-24(27(13-20)50-4)42-32-39-15-22(34(35,36)37)29(43-32)41-25-10-9-23(40-28(25)30(46)38-3)21-14-26(44(16-21)11-6-12-52-53)31(47)45-18-33(2,48)19-45/h7-10,13-16,48H,5-6,11-12,17-19H2,1-4H3,(H,38,46)(H2,39,41,42,43)/t53-/m0/s1. The lowest BCUT2D eigenvalue weighted by molar-refractivity contribution is -0.137. The van der Waals surface area contributed by atoms with E-state index in [2.05, 4.69) is 30.9 Å². The van der Waals surface area contributed by atoms with Crippen LogP contribution in [0.25, 0.3) is 11.3 Å². The third-order valence-electron chi connectivity index (χ3n) is 8.49. The largest absolute Gasteiger partial charge is 0.495 e. The highest BCUT2D eigenvalue weighted by molar-refractivity contribution is 7.53. The summed E-state index contributed by atoms with van der Waals surface area (Å²) in [5.74, 6) is -1.71. The first-order valence-corrected chi connectivity index (χ1v) is 18.3. The second-order valence-electron chi connectivity index (χ2n) is 12.7. The molecule has 5 aliphatic heterocycles. The van der Waals surface area contributed by atoms with Crippen molar-refractivity contribution >= 4 is 42.6 Å². The molecule has 5 aliphatic rings. The minimum atomic E-state index is -4.88. The third kappa shape index (κ3) is 8.30. The number of pyridine rings is 1.